The van der Waals surface area contributed by atoms with E-state index in [4.69, 9.17) is 9.84 Å². The van der Waals surface area contributed by atoms with Crippen LogP contribution in [0.15, 0.2) is 24.3 Å². The number of aryl methyl sites for hydroxylation is 1. The Bertz CT molecular complexity index is 514. The van der Waals surface area contributed by atoms with E-state index in [0.717, 1.165) is 11.1 Å². The standard InChI is InChI=1S/C15H19NO4/c1-10-5-3-4-6-12(10)7-14(17)16-8-11(2)20-13(9-16)15(18)19/h3-6,11,13H,7-9H2,1-2H3,(H,18,19)/t11-,13?/m1/s1. The van der Waals surface area contributed by atoms with Crippen molar-refractivity contribution in [1.82, 2.24) is 4.90 Å². The van der Waals surface area contributed by atoms with Crippen molar-refractivity contribution in [2.24, 2.45) is 0 Å². The van der Waals surface area contributed by atoms with Gasteiger partial charge >= 0.3 is 5.97 Å². The lowest BCUT2D eigenvalue weighted by Gasteiger charge is -2.35. The van der Waals surface area contributed by atoms with Crippen molar-refractivity contribution in [3.05, 3.63) is 35.4 Å². The van der Waals surface area contributed by atoms with E-state index >= 15 is 0 Å². The summed E-state index contributed by atoms with van der Waals surface area (Å²) < 4.78 is 5.31. The van der Waals surface area contributed by atoms with Gasteiger partial charge in [-0.25, -0.2) is 4.79 Å². The smallest absolute Gasteiger partial charge is 0.334 e. The van der Waals surface area contributed by atoms with Gasteiger partial charge in [-0.1, -0.05) is 24.3 Å². The number of carboxylic acids is 1. The summed E-state index contributed by atoms with van der Waals surface area (Å²) in [6.45, 7) is 4.30. The molecule has 0 saturated carbocycles. The van der Waals surface area contributed by atoms with Crippen molar-refractivity contribution in [3.63, 3.8) is 0 Å². The minimum absolute atomic E-state index is 0.0549. The van der Waals surface area contributed by atoms with E-state index in [9.17, 15) is 9.59 Å². The Morgan fingerprint density at radius 3 is 2.70 bits per heavy atom. The fourth-order valence-corrected chi connectivity index (χ4v) is 2.37. The second kappa shape index (κ2) is 6.05. The second-order valence-electron chi connectivity index (χ2n) is 5.18. The molecule has 1 fully saturated rings. The highest BCUT2D eigenvalue weighted by Crippen LogP contribution is 2.15. The fraction of sp³-hybridized carbons (Fsp3) is 0.467. The van der Waals surface area contributed by atoms with Crippen molar-refractivity contribution < 1.29 is 19.4 Å². The Morgan fingerprint density at radius 1 is 1.35 bits per heavy atom. The number of carbonyl (C=O) groups excluding carboxylic acids is 1. The average molecular weight is 277 g/mol. The second-order valence-corrected chi connectivity index (χ2v) is 5.18. The number of ether oxygens (including phenoxy) is 1. The first-order valence-electron chi connectivity index (χ1n) is 6.68. The van der Waals surface area contributed by atoms with Crippen LogP contribution in [0.1, 0.15) is 18.1 Å². The number of carboxylic acid groups (broad SMARTS) is 1. The molecule has 1 unspecified atom stereocenters. The van der Waals surface area contributed by atoms with E-state index in [1.54, 1.807) is 11.8 Å². The molecular formula is C15H19NO4. The monoisotopic (exact) mass is 277 g/mol. The van der Waals surface area contributed by atoms with Crippen LogP contribution < -0.4 is 0 Å². The van der Waals surface area contributed by atoms with E-state index in [2.05, 4.69) is 0 Å². The first kappa shape index (κ1) is 14.5. The Morgan fingerprint density at radius 2 is 2.05 bits per heavy atom. The number of rotatable bonds is 3. The Balaban J connectivity index is 2.05. The topological polar surface area (TPSA) is 66.8 Å². The molecule has 1 amide bonds. The quantitative estimate of drug-likeness (QED) is 0.902. The highest BCUT2D eigenvalue weighted by Gasteiger charge is 2.32. The Kier molecular flexibility index (Phi) is 4.39. The molecule has 0 bridgehead atoms. The van der Waals surface area contributed by atoms with Gasteiger partial charge in [-0.15, -0.1) is 0 Å². The minimum Gasteiger partial charge on any atom is -0.479 e. The number of benzene rings is 1. The highest BCUT2D eigenvalue weighted by molar-refractivity contribution is 5.81. The van der Waals surface area contributed by atoms with Gasteiger partial charge in [0.15, 0.2) is 6.10 Å². The highest BCUT2D eigenvalue weighted by atomic mass is 16.5. The first-order chi connectivity index (χ1) is 9.47. The predicted molar refractivity (Wildman–Crippen MR) is 73.4 cm³/mol. The van der Waals surface area contributed by atoms with Crippen LogP contribution in [0, 0.1) is 6.92 Å². The maximum Gasteiger partial charge on any atom is 0.334 e. The predicted octanol–water partition coefficient (Wildman–Crippen LogP) is 1.24. The van der Waals surface area contributed by atoms with Gasteiger partial charge in [0.05, 0.1) is 19.1 Å². The van der Waals surface area contributed by atoms with Gasteiger partial charge in [-0.2, -0.15) is 0 Å². The van der Waals surface area contributed by atoms with Crippen LogP contribution in [0.3, 0.4) is 0 Å². The molecule has 0 spiro atoms. The maximum atomic E-state index is 12.3. The average Bonchev–Trinajstić information content (AvgIpc) is 2.40. The zero-order chi connectivity index (χ0) is 14.7. The molecule has 108 valence electrons. The lowest BCUT2D eigenvalue weighted by molar-refractivity contribution is -0.166. The summed E-state index contributed by atoms with van der Waals surface area (Å²) in [5.41, 5.74) is 2.04. The van der Waals surface area contributed by atoms with Crippen molar-refractivity contribution in [1.29, 1.82) is 0 Å². The lowest BCUT2D eigenvalue weighted by Crippen LogP contribution is -2.52. The lowest BCUT2D eigenvalue weighted by atomic mass is 10.0. The number of nitrogens with zero attached hydrogens (tertiary/aromatic N) is 1. The van der Waals surface area contributed by atoms with Crippen LogP contribution in [0.4, 0.5) is 0 Å². The Hall–Kier alpha value is -1.88. The van der Waals surface area contributed by atoms with Crippen molar-refractivity contribution in [3.8, 4) is 0 Å². The molecule has 0 aliphatic carbocycles. The van der Waals surface area contributed by atoms with Crippen LogP contribution in [-0.2, 0) is 20.7 Å². The van der Waals surface area contributed by atoms with Gasteiger partial charge < -0.3 is 14.7 Å². The molecule has 1 N–H and O–H groups in total. The van der Waals surface area contributed by atoms with E-state index in [1.165, 1.54) is 0 Å². The zero-order valence-corrected chi connectivity index (χ0v) is 11.7. The number of amides is 1. The molecule has 0 radical (unpaired) electrons. The van der Waals surface area contributed by atoms with Gasteiger partial charge in [0, 0.05) is 6.54 Å². The normalized spacial score (nSPS) is 22.6. The summed E-state index contributed by atoms with van der Waals surface area (Å²) in [5, 5.41) is 9.03. The number of hydrogen-bond acceptors (Lipinski definition) is 3. The Labute approximate surface area is 118 Å². The first-order valence-corrected chi connectivity index (χ1v) is 6.68. The molecule has 5 nitrogen and oxygen atoms in total. The van der Waals surface area contributed by atoms with Crippen LogP contribution in [0.5, 0.6) is 0 Å². The summed E-state index contributed by atoms with van der Waals surface area (Å²) in [5.74, 6) is -1.08. The summed E-state index contributed by atoms with van der Waals surface area (Å²) in [4.78, 5) is 24.9. The molecule has 1 saturated heterocycles. The van der Waals surface area contributed by atoms with Crippen LogP contribution in [0.2, 0.25) is 0 Å². The third-order valence-electron chi connectivity index (χ3n) is 3.49. The largest absolute Gasteiger partial charge is 0.479 e. The van der Waals surface area contributed by atoms with Crippen LogP contribution >= 0.6 is 0 Å². The summed E-state index contributed by atoms with van der Waals surface area (Å²) in [6, 6.07) is 7.72. The zero-order valence-electron chi connectivity index (χ0n) is 11.7. The molecule has 1 aromatic carbocycles. The number of hydrogen-bond donors (Lipinski definition) is 1. The minimum atomic E-state index is -1.02. The number of carbonyl (C=O) groups is 2. The molecule has 5 heteroatoms. The van der Waals surface area contributed by atoms with Gasteiger partial charge in [0.25, 0.3) is 0 Å². The summed E-state index contributed by atoms with van der Waals surface area (Å²) in [6.07, 6.45) is -0.892. The van der Waals surface area contributed by atoms with Gasteiger partial charge in [0.2, 0.25) is 5.91 Å². The summed E-state index contributed by atoms with van der Waals surface area (Å²) >= 11 is 0. The van der Waals surface area contributed by atoms with Crippen molar-refractivity contribution >= 4 is 11.9 Å². The molecule has 2 rings (SSSR count). The number of aliphatic carboxylic acids is 1. The molecular weight excluding hydrogens is 258 g/mol. The van der Waals surface area contributed by atoms with E-state index in [0.29, 0.717) is 13.0 Å². The fourth-order valence-electron chi connectivity index (χ4n) is 2.37. The third kappa shape index (κ3) is 3.36. The van der Waals surface area contributed by atoms with Gasteiger partial charge in [0.1, 0.15) is 0 Å². The maximum absolute atomic E-state index is 12.3. The molecule has 2 atom stereocenters. The van der Waals surface area contributed by atoms with Crippen molar-refractivity contribution in [2.75, 3.05) is 13.1 Å². The molecule has 1 heterocycles. The van der Waals surface area contributed by atoms with E-state index < -0.39 is 12.1 Å². The molecule has 20 heavy (non-hydrogen) atoms. The van der Waals surface area contributed by atoms with E-state index in [1.807, 2.05) is 31.2 Å². The molecule has 1 aromatic rings. The van der Waals surface area contributed by atoms with Crippen molar-refractivity contribution in [2.45, 2.75) is 32.5 Å². The molecule has 0 aromatic heterocycles. The summed E-state index contributed by atoms with van der Waals surface area (Å²) in [7, 11) is 0. The van der Waals surface area contributed by atoms with Crippen LogP contribution in [0.25, 0.3) is 0 Å². The molecule has 1 aliphatic rings. The number of morpholine rings is 1. The van der Waals surface area contributed by atoms with Crippen LogP contribution in [-0.4, -0.2) is 47.2 Å². The molecule has 1 aliphatic heterocycles. The van der Waals surface area contributed by atoms with Gasteiger partial charge in [-0.3, -0.25) is 4.79 Å². The van der Waals surface area contributed by atoms with Gasteiger partial charge in [-0.05, 0) is 25.0 Å². The SMILES string of the molecule is Cc1ccccc1CC(=O)N1CC(C(=O)O)O[C@H](C)C1. The van der Waals surface area contributed by atoms with E-state index in [-0.39, 0.29) is 18.6 Å². The third-order valence-corrected chi connectivity index (χ3v) is 3.49.